The van der Waals surface area contributed by atoms with Gasteiger partial charge < -0.3 is 9.84 Å². The topological polar surface area (TPSA) is 46.5 Å². The molecule has 0 bridgehead atoms. The molecule has 3 nitrogen and oxygen atoms in total. The Bertz CT molecular complexity index is 887. The number of carbonyl (C=O) groups excluding carboxylic acids is 1. The van der Waals surface area contributed by atoms with Gasteiger partial charge in [-0.05, 0) is 47.9 Å². The van der Waals surface area contributed by atoms with Crippen LogP contribution < -0.4 is 0 Å². The minimum absolute atomic E-state index is 0.0770. The summed E-state index contributed by atoms with van der Waals surface area (Å²) in [5, 5.41) is 10.5. The van der Waals surface area contributed by atoms with E-state index in [1.165, 1.54) is 18.2 Å². The molecule has 0 unspecified atom stereocenters. The van der Waals surface area contributed by atoms with Crippen molar-refractivity contribution in [3.63, 3.8) is 0 Å². The highest BCUT2D eigenvalue weighted by molar-refractivity contribution is 6.01. The van der Waals surface area contributed by atoms with E-state index in [9.17, 15) is 14.3 Å². The normalized spacial score (nSPS) is 10.5. The third kappa shape index (κ3) is 3.53. The van der Waals surface area contributed by atoms with E-state index in [4.69, 9.17) is 4.74 Å². The van der Waals surface area contributed by atoms with Gasteiger partial charge in [-0.1, -0.05) is 42.5 Å². The molecule has 0 saturated heterocycles. The van der Waals surface area contributed by atoms with Gasteiger partial charge in [-0.15, -0.1) is 0 Å². The van der Waals surface area contributed by atoms with Gasteiger partial charge in [-0.25, -0.2) is 9.18 Å². The maximum Gasteiger partial charge on any atom is 0.342 e. The third-order valence-corrected chi connectivity index (χ3v) is 3.86. The summed E-state index contributed by atoms with van der Waals surface area (Å²) < 4.78 is 18.3. The number of hydrogen-bond donors (Lipinski definition) is 1. The van der Waals surface area contributed by atoms with Gasteiger partial charge in [0, 0.05) is 5.56 Å². The molecule has 0 aliphatic heterocycles. The molecule has 3 aromatic carbocycles. The molecular weight excluding hydrogens is 319 g/mol. The van der Waals surface area contributed by atoms with E-state index in [1.54, 1.807) is 25.1 Å². The van der Waals surface area contributed by atoms with Crippen molar-refractivity contribution >= 4 is 5.97 Å². The molecule has 0 amide bonds. The number of rotatable bonds is 4. The first-order valence-corrected chi connectivity index (χ1v) is 7.95. The van der Waals surface area contributed by atoms with Crippen molar-refractivity contribution in [2.45, 2.75) is 6.92 Å². The van der Waals surface area contributed by atoms with E-state index in [0.29, 0.717) is 11.1 Å². The molecule has 126 valence electrons. The Kier molecular flexibility index (Phi) is 4.80. The van der Waals surface area contributed by atoms with Crippen molar-refractivity contribution in [2.24, 2.45) is 0 Å². The number of hydrogen-bond acceptors (Lipinski definition) is 3. The van der Waals surface area contributed by atoms with Crippen LogP contribution >= 0.6 is 0 Å². The number of phenolic OH excluding ortho intramolecular Hbond substituents is 1. The highest BCUT2D eigenvalue weighted by Crippen LogP contribution is 2.36. The average molecular weight is 336 g/mol. The summed E-state index contributed by atoms with van der Waals surface area (Å²) in [6, 6.07) is 18.6. The van der Waals surface area contributed by atoms with Crippen LogP contribution in [-0.2, 0) is 4.74 Å². The Hall–Kier alpha value is -3.14. The Morgan fingerprint density at radius 2 is 1.64 bits per heavy atom. The van der Waals surface area contributed by atoms with Crippen LogP contribution in [0, 0.1) is 5.82 Å². The fourth-order valence-corrected chi connectivity index (χ4v) is 2.70. The summed E-state index contributed by atoms with van der Waals surface area (Å²) in [5.41, 5.74) is 2.85. The van der Waals surface area contributed by atoms with E-state index in [1.807, 2.05) is 30.3 Å². The molecule has 3 aromatic rings. The lowest BCUT2D eigenvalue weighted by Gasteiger charge is -2.14. The van der Waals surface area contributed by atoms with Gasteiger partial charge in [0.1, 0.15) is 17.1 Å². The van der Waals surface area contributed by atoms with Crippen molar-refractivity contribution < 1.29 is 19.0 Å². The second-order valence-corrected chi connectivity index (χ2v) is 5.51. The Labute approximate surface area is 145 Å². The quantitative estimate of drug-likeness (QED) is 0.679. The number of phenols is 1. The summed E-state index contributed by atoms with van der Waals surface area (Å²) in [6.07, 6.45) is 0. The molecule has 4 heteroatoms. The molecular formula is C21H17FO3. The summed E-state index contributed by atoms with van der Waals surface area (Å²) in [6.45, 7) is 1.90. The Morgan fingerprint density at radius 3 is 2.28 bits per heavy atom. The first-order chi connectivity index (χ1) is 12.1. The minimum atomic E-state index is -0.612. The molecule has 0 aliphatic carbocycles. The van der Waals surface area contributed by atoms with Crippen LogP contribution in [-0.4, -0.2) is 17.7 Å². The number of aromatic hydroxyl groups is 1. The minimum Gasteiger partial charge on any atom is -0.507 e. The van der Waals surface area contributed by atoms with Crippen LogP contribution in [0.25, 0.3) is 22.3 Å². The van der Waals surface area contributed by atoms with Gasteiger partial charge >= 0.3 is 5.97 Å². The molecule has 0 fully saturated rings. The second kappa shape index (κ2) is 7.18. The van der Waals surface area contributed by atoms with Crippen molar-refractivity contribution in [3.05, 3.63) is 78.1 Å². The average Bonchev–Trinajstić information content (AvgIpc) is 2.62. The molecule has 0 heterocycles. The van der Waals surface area contributed by atoms with Crippen LogP contribution in [0.3, 0.4) is 0 Å². The fraction of sp³-hybridized carbons (Fsp3) is 0.0952. The molecule has 0 saturated carbocycles. The highest BCUT2D eigenvalue weighted by atomic mass is 19.1. The summed E-state index contributed by atoms with van der Waals surface area (Å²) in [4.78, 5) is 12.3. The second-order valence-electron chi connectivity index (χ2n) is 5.51. The first kappa shape index (κ1) is 16.7. The molecule has 0 spiro atoms. The van der Waals surface area contributed by atoms with Crippen LogP contribution in [0.15, 0.2) is 66.7 Å². The van der Waals surface area contributed by atoms with Crippen molar-refractivity contribution in [2.75, 3.05) is 6.61 Å². The maximum atomic E-state index is 13.3. The molecule has 0 radical (unpaired) electrons. The van der Waals surface area contributed by atoms with E-state index < -0.39 is 5.97 Å². The predicted molar refractivity (Wildman–Crippen MR) is 94.9 cm³/mol. The third-order valence-electron chi connectivity index (χ3n) is 3.86. The lowest BCUT2D eigenvalue weighted by Crippen LogP contribution is -2.07. The lowest BCUT2D eigenvalue weighted by molar-refractivity contribution is 0.0524. The summed E-state index contributed by atoms with van der Waals surface area (Å²) >= 11 is 0. The molecule has 1 N–H and O–H groups in total. The zero-order valence-electron chi connectivity index (χ0n) is 13.7. The van der Waals surface area contributed by atoms with E-state index in [-0.39, 0.29) is 23.7 Å². The van der Waals surface area contributed by atoms with Crippen LogP contribution in [0.5, 0.6) is 5.75 Å². The van der Waals surface area contributed by atoms with E-state index >= 15 is 0 Å². The molecule has 25 heavy (non-hydrogen) atoms. The van der Waals surface area contributed by atoms with Crippen LogP contribution in [0.4, 0.5) is 4.39 Å². The smallest absolute Gasteiger partial charge is 0.342 e. The van der Waals surface area contributed by atoms with Crippen molar-refractivity contribution in [1.29, 1.82) is 0 Å². The molecule has 0 aliphatic rings. The van der Waals surface area contributed by atoms with Gasteiger partial charge in [-0.3, -0.25) is 0 Å². The Balaban J connectivity index is 2.21. The van der Waals surface area contributed by atoms with Gasteiger partial charge in [0.25, 0.3) is 0 Å². The monoisotopic (exact) mass is 336 g/mol. The number of halogens is 1. The highest BCUT2D eigenvalue weighted by Gasteiger charge is 2.20. The van der Waals surface area contributed by atoms with Gasteiger partial charge in [0.2, 0.25) is 0 Å². The largest absolute Gasteiger partial charge is 0.507 e. The lowest BCUT2D eigenvalue weighted by atomic mass is 9.93. The van der Waals surface area contributed by atoms with E-state index in [2.05, 4.69) is 0 Å². The van der Waals surface area contributed by atoms with Crippen LogP contribution in [0.1, 0.15) is 17.3 Å². The van der Waals surface area contributed by atoms with Gasteiger partial charge in [0.15, 0.2) is 0 Å². The summed E-state index contributed by atoms with van der Waals surface area (Å²) in [7, 11) is 0. The Morgan fingerprint density at radius 1 is 0.960 bits per heavy atom. The van der Waals surface area contributed by atoms with Gasteiger partial charge in [0.05, 0.1) is 6.61 Å². The van der Waals surface area contributed by atoms with Gasteiger partial charge in [-0.2, -0.15) is 0 Å². The number of benzene rings is 3. The summed E-state index contributed by atoms with van der Waals surface area (Å²) in [5.74, 6) is -1.15. The zero-order chi connectivity index (χ0) is 17.8. The molecule has 0 atom stereocenters. The number of carbonyl (C=O) groups is 1. The number of esters is 1. The predicted octanol–water partition coefficient (Wildman–Crippen LogP) is 5.04. The number of ether oxygens (including phenoxy) is 1. The molecule has 0 aromatic heterocycles. The van der Waals surface area contributed by atoms with E-state index in [0.717, 1.165) is 11.1 Å². The molecule has 3 rings (SSSR count). The fourth-order valence-electron chi connectivity index (χ4n) is 2.70. The van der Waals surface area contributed by atoms with Crippen molar-refractivity contribution in [3.8, 4) is 28.0 Å². The maximum absolute atomic E-state index is 13.3. The zero-order valence-corrected chi connectivity index (χ0v) is 13.7. The SMILES string of the molecule is CCOC(=O)c1c(O)cc(-c2ccccc2)cc1-c1ccc(F)cc1. The van der Waals surface area contributed by atoms with Crippen molar-refractivity contribution in [1.82, 2.24) is 0 Å². The standard InChI is InChI=1S/C21H17FO3/c1-2-25-21(24)20-18(15-8-10-17(22)11-9-15)12-16(13-19(20)23)14-6-4-3-5-7-14/h3-13,23H,2H2,1H3. The van der Waals surface area contributed by atoms with Crippen LogP contribution in [0.2, 0.25) is 0 Å². The first-order valence-electron chi connectivity index (χ1n) is 7.95.